The Labute approximate surface area is 92.5 Å². The number of hydrogen-bond donors (Lipinski definition) is 1. The van der Waals surface area contributed by atoms with Crippen molar-refractivity contribution in [2.45, 2.75) is 26.4 Å². The predicted molar refractivity (Wildman–Crippen MR) is 59.1 cm³/mol. The van der Waals surface area contributed by atoms with Gasteiger partial charge in [-0.15, -0.1) is 0 Å². The molecule has 0 aromatic heterocycles. The monoisotopic (exact) mass is 301 g/mol. The standard InChI is InChI=1S/C8H16INO3/c1-8(2,3)13-7(11)10-6-12-5-4-9/h4-6H2,1-3H3,(H,10,11). The lowest BCUT2D eigenvalue weighted by Gasteiger charge is -2.19. The number of carbonyl (C=O) groups is 1. The Balaban J connectivity index is 3.41. The zero-order valence-electron chi connectivity index (χ0n) is 8.22. The number of nitrogens with one attached hydrogen (secondary N) is 1. The van der Waals surface area contributed by atoms with Crippen molar-refractivity contribution in [2.24, 2.45) is 0 Å². The number of rotatable bonds is 4. The Morgan fingerprint density at radius 1 is 1.46 bits per heavy atom. The maximum absolute atomic E-state index is 11.0. The van der Waals surface area contributed by atoms with Crippen molar-refractivity contribution in [3.8, 4) is 0 Å². The number of carbonyl (C=O) groups excluding carboxylic acids is 1. The lowest BCUT2D eigenvalue weighted by atomic mass is 10.2. The van der Waals surface area contributed by atoms with Gasteiger partial charge < -0.3 is 9.47 Å². The van der Waals surface area contributed by atoms with Crippen molar-refractivity contribution in [3.05, 3.63) is 0 Å². The molecule has 0 heterocycles. The summed E-state index contributed by atoms with van der Waals surface area (Å²) in [5.41, 5.74) is -0.451. The SMILES string of the molecule is CC(C)(C)OC(=O)NCOCCI. The normalized spacial score (nSPS) is 11.1. The minimum absolute atomic E-state index is 0.206. The van der Waals surface area contributed by atoms with E-state index in [1.807, 2.05) is 20.8 Å². The van der Waals surface area contributed by atoms with Gasteiger partial charge in [0.1, 0.15) is 12.3 Å². The first-order valence-corrected chi connectivity index (χ1v) is 5.59. The van der Waals surface area contributed by atoms with Crippen molar-refractivity contribution < 1.29 is 14.3 Å². The van der Waals surface area contributed by atoms with Crippen LogP contribution in [0.4, 0.5) is 4.79 Å². The lowest BCUT2D eigenvalue weighted by Crippen LogP contribution is -2.33. The number of ether oxygens (including phenoxy) is 2. The molecule has 0 atom stereocenters. The van der Waals surface area contributed by atoms with Crippen molar-refractivity contribution in [3.63, 3.8) is 0 Å². The van der Waals surface area contributed by atoms with Gasteiger partial charge in [-0.25, -0.2) is 4.79 Å². The van der Waals surface area contributed by atoms with E-state index in [0.717, 1.165) is 4.43 Å². The second-order valence-corrected chi connectivity index (χ2v) is 4.50. The Morgan fingerprint density at radius 3 is 2.54 bits per heavy atom. The van der Waals surface area contributed by atoms with Crippen molar-refractivity contribution in [1.29, 1.82) is 0 Å². The Hall–Kier alpha value is -0.0400. The maximum atomic E-state index is 11.0. The highest BCUT2D eigenvalue weighted by Gasteiger charge is 2.15. The second kappa shape index (κ2) is 6.42. The highest BCUT2D eigenvalue weighted by Crippen LogP contribution is 2.05. The number of halogens is 1. The van der Waals surface area contributed by atoms with E-state index in [1.165, 1.54) is 0 Å². The summed E-state index contributed by atoms with van der Waals surface area (Å²) in [6.45, 7) is 6.29. The fraction of sp³-hybridized carbons (Fsp3) is 0.875. The van der Waals surface area contributed by atoms with Gasteiger partial charge in [-0.05, 0) is 20.8 Å². The molecule has 0 aromatic rings. The lowest BCUT2D eigenvalue weighted by molar-refractivity contribution is 0.0410. The van der Waals surface area contributed by atoms with Crippen LogP contribution in [-0.4, -0.2) is 29.5 Å². The van der Waals surface area contributed by atoms with Gasteiger partial charge in [-0.3, -0.25) is 5.32 Å². The highest BCUT2D eigenvalue weighted by atomic mass is 127. The minimum atomic E-state index is -0.451. The van der Waals surface area contributed by atoms with E-state index in [2.05, 4.69) is 27.9 Å². The van der Waals surface area contributed by atoms with Crippen LogP contribution in [0, 0.1) is 0 Å². The van der Waals surface area contributed by atoms with Crippen LogP contribution in [-0.2, 0) is 9.47 Å². The topological polar surface area (TPSA) is 47.6 Å². The Kier molecular flexibility index (Phi) is 6.40. The van der Waals surface area contributed by atoms with Gasteiger partial charge in [0.2, 0.25) is 0 Å². The number of alkyl carbamates (subject to hydrolysis) is 1. The van der Waals surface area contributed by atoms with Crippen molar-refractivity contribution in [1.82, 2.24) is 5.32 Å². The van der Waals surface area contributed by atoms with Crippen LogP contribution in [0.15, 0.2) is 0 Å². The summed E-state index contributed by atoms with van der Waals surface area (Å²) in [7, 11) is 0. The van der Waals surface area contributed by atoms with E-state index in [0.29, 0.717) is 6.61 Å². The van der Waals surface area contributed by atoms with Gasteiger partial charge in [0.05, 0.1) is 6.61 Å². The summed E-state index contributed by atoms with van der Waals surface area (Å²) in [6.07, 6.45) is -0.444. The molecule has 0 aromatic carbocycles. The summed E-state index contributed by atoms with van der Waals surface area (Å²) in [4.78, 5) is 11.0. The third-order valence-electron chi connectivity index (χ3n) is 0.939. The Bertz CT molecular complexity index is 156. The molecule has 0 rings (SSSR count). The molecule has 4 nitrogen and oxygen atoms in total. The van der Waals surface area contributed by atoms with Crippen LogP contribution in [0.3, 0.4) is 0 Å². The van der Waals surface area contributed by atoms with Crippen LogP contribution < -0.4 is 5.32 Å². The molecule has 13 heavy (non-hydrogen) atoms. The van der Waals surface area contributed by atoms with Gasteiger partial charge in [-0.2, -0.15) is 0 Å². The van der Waals surface area contributed by atoms with Gasteiger partial charge >= 0.3 is 6.09 Å². The molecule has 0 unspecified atom stereocenters. The molecule has 0 saturated carbocycles. The first kappa shape index (κ1) is 13.0. The fourth-order valence-electron chi connectivity index (χ4n) is 0.551. The minimum Gasteiger partial charge on any atom is -0.444 e. The van der Waals surface area contributed by atoms with Crippen LogP contribution in [0.2, 0.25) is 0 Å². The first-order valence-electron chi connectivity index (χ1n) is 4.06. The van der Waals surface area contributed by atoms with E-state index >= 15 is 0 Å². The molecular weight excluding hydrogens is 285 g/mol. The number of amides is 1. The summed E-state index contributed by atoms with van der Waals surface area (Å²) < 4.78 is 10.9. The second-order valence-electron chi connectivity index (χ2n) is 3.42. The molecule has 78 valence electrons. The van der Waals surface area contributed by atoms with Gasteiger partial charge in [0.25, 0.3) is 0 Å². The molecule has 0 radical (unpaired) electrons. The number of hydrogen-bond acceptors (Lipinski definition) is 3. The Morgan fingerprint density at radius 2 is 2.08 bits per heavy atom. The van der Waals surface area contributed by atoms with Gasteiger partial charge in [0, 0.05) is 4.43 Å². The predicted octanol–water partition coefficient (Wildman–Crippen LogP) is 1.92. The zero-order chi connectivity index (χ0) is 10.3. The fourth-order valence-corrected chi connectivity index (χ4v) is 0.862. The molecule has 0 aliphatic carbocycles. The van der Waals surface area contributed by atoms with E-state index < -0.39 is 11.7 Å². The van der Waals surface area contributed by atoms with E-state index in [4.69, 9.17) is 9.47 Å². The smallest absolute Gasteiger partial charge is 0.409 e. The molecule has 0 fully saturated rings. The van der Waals surface area contributed by atoms with Crippen LogP contribution >= 0.6 is 22.6 Å². The molecule has 0 aliphatic rings. The molecule has 0 bridgehead atoms. The molecule has 0 aliphatic heterocycles. The van der Waals surface area contributed by atoms with Gasteiger partial charge in [0.15, 0.2) is 0 Å². The zero-order valence-corrected chi connectivity index (χ0v) is 10.4. The number of alkyl halides is 1. The van der Waals surface area contributed by atoms with Crippen LogP contribution in [0.5, 0.6) is 0 Å². The quantitative estimate of drug-likeness (QED) is 0.373. The van der Waals surface area contributed by atoms with Crippen LogP contribution in [0.1, 0.15) is 20.8 Å². The molecule has 1 amide bonds. The molecule has 0 saturated heterocycles. The van der Waals surface area contributed by atoms with E-state index in [1.54, 1.807) is 0 Å². The maximum Gasteiger partial charge on any atom is 0.409 e. The van der Waals surface area contributed by atoms with Gasteiger partial charge in [-0.1, -0.05) is 22.6 Å². The van der Waals surface area contributed by atoms with E-state index in [-0.39, 0.29) is 6.73 Å². The summed E-state index contributed by atoms with van der Waals surface area (Å²) in [5.74, 6) is 0. The molecule has 0 spiro atoms. The van der Waals surface area contributed by atoms with Crippen molar-refractivity contribution in [2.75, 3.05) is 17.8 Å². The van der Waals surface area contributed by atoms with E-state index in [9.17, 15) is 4.79 Å². The first-order chi connectivity index (χ1) is 5.95. The van der Waals surface area contributed by atoms with Crippen molar-refractivity contribution >= 4 is 28.7 Å². The summed E-state index contributed by atoms with van der Waals surface area (Å²) in [5, 5.41) is 2.49. The van der Waals surface area contributed by atoms with Crippen LogP contribution in [0.25, 0.3) is 0 Å². The molecular formula is C8H16INO3. The molecule has 5 heteroatoms. The average Bonchev–Trinajstić information content (AvgIpc) is 1.94. The third-order valence-corrected chi connectivity index (χ3v) is 1.38. The summed E-state index contributed by atoms with van der Waals surface area (Å²) in [6, 6.07) is 0. The average molecular weight is 301 g/mol. The largest absolute Gasteiger partial charge is 0.444 e. The summed E-state index contributed by atoms with van der Waals surface area (Å²) >= 11 is 2.20. The highest BCUT2D eigenvalue weighted by molar-refractivity contribution is 14.1. The molecule has 1 N–H and O–H groups in total. The third kappa shape index (κ3) is 9.88.